The largest absolute Gasteiger partial charge is 0.434 e. The van der Waals surface area contributed by atoms with Gasteiger partial charge in [0.25, 0.3) is 5.91 Å². The summed E-state index contributed by atoms with van der Waals surface area (Å²) < 4.78 is 64.5. The lowest BCUT2D eigenvalue weighted by Gasteiger charge is -2.13. The number of aromatic nitrogens is 4. The lowest BCUT2D eigenvalue weighted by atomic mass is 10.2. The molecule has 0 bridgehead atoms. The number of hydrogen-bond acceptors (Lipinski definition) is 6. The van der Waals surface area contributed by atoms with Gasteiger partial charge in [-0.15, -0.1) is 0 Å². The molecule has 0 spiro atoms. The van der Waals surface area contributed by atoms with Crippen molar-refractivity contribution in [1.29, 1.82) is 0 Å². The lowest BCUT2D eigenvalue weighted by Crippen LogP contribution is -2.20. The summed E-state index contributed by atoms with van der Waals surface area (Å²) in [5.74, 6) is -1.03. The Morgan fingerprint density at radius 2 is 1.75 bits per heavy atom. The van der Waals surface area contributed by atoms with Crippen LogP contribution in [0.25, 0.3) is 5.69 Å². The molecule has 3 aromatic rings. The highest BCUT2D eigenvalue weighted by Crippen LogP contribution is 2.34. The molecule has 2 heterocycles. The van der Waals surface area contributed by atoms with Crippen molar-refractivity contribution in [2.75, 3.05) is 11.6 Å². The van der Waals surface area contributed by atoms with E-state index in [2.05, 4.69) is 20.6 Å². The quantitative estimate of drug-likeness (QED) is 0.706. The molecule has 12 heteroatoms. The number of rotatable bonds is 4. The minimum Gasteiger partial charge on any atom is -0.320 e. The van der Waals surface area contributed by atoms with Gasteiger partial charge in [0.15, 0.2) is 15.5 Å². The molecule has 0 aliphatic carbocycles. The van der Waals surface area contributed by atoms with Crippen molar-refractivity contribution in [3.8, 4) is 5.69 Å². The molecular weight excluding hydrogens is 399 g/mol. The van der Waals surface area contributed by atoms with Gasteiger partial charge in [-0.05, 0) is 30.3 Å². The van der Waals surface area contributed by atoms with E-state index >= 15 is 0 Å². The van der Waals surface area contributed by atoms with E-state index in [0.29, 0.717) is 4.68 Å². The standard InChI is InChI=1S/C16H12F3N5O3S/c1-28(26,27)12-4-2-11(3-5-12)24-14(16(17,18)19)13(9-22-24)15(25)23-10-6-7-20-21-8-10/h2-9H,1H3,(H,20,23,25). The summed E-state index contributed by atoms with van der Waals surface area (Å²) in [7, 11) is -3.51. The normalized spacial score (nSPS) is 12.0. The van der Waals surface area contributed by atoms with E-state index in [1.54, 1.807) is 0 Å². The molecule has 1 amide bonds. The SMILES string of the molecule is CS(=O)(=O)c1ccc(-n2ncc(C(=O)Nc3ccnnc3)c2C(F)(F)F)cc1. The highest BCUT2D eigenvalue weighted by molar-refractivity contribution is 7.90. The zero-order valence-electron chi connectivity index (χ0n) is 14.2. The number of carbonyl (C=O) groups is 1. The molecule has 0 aliphatic heterocycles. The number of sulfone groups is 1. The van der Waals surface area contributed by atoms with Crippen molar-refractivity contribution in [2.24, 2.45) is 0 Å². The van der Waals surface area contributed by atoms with Crippen LogP contribution in [0.3, 0.4) is 0 Å². The summed E-state index contributed by atoms with van der Waals surface area (Å²) in [5.41, 5.74) is -1.88. The summed E-state index contributed by atoms with van der Waals surface area (Å²) >= 11 is 0. The first-order valence-electron chi connectivity index (χ1n) is 7.61. The molecular formula is C16H12F3N5O3S. The number of benzene rings is 1. The number of carbonyl (C=O) groups excluding carboxylic acids is 1. The van der Waals surface area contributed by atoms with Crippen LogP contribution in [-0.4, -0.2) is 40.6 Å². The Kier molecular flexibility index (Phi) is 4.89. The maximum atomic E-state index is 13.6. The predicted molar refractivity (Wildman–Crippen MR) is 91.7 cm³/mol. The van der Waals surface area contributed by atoms with E-state index in [4.69, 9.17) is 0 Å². The van der Waals surface area contributed by atoms with Gasteiger partial charge in [-0.2, -0.15) is 28.5 Å². The Bertz CT molecular complexity index is 1110. The summed E-state index contributed by atoms with van der Waals surface area (Å²) in [6.07, 6.45) is -0.674. The van der Waals surface area contributed by atoms with Crippen LogP contribution in [-0.2, 0) is 16.0 Å². The maximum absolute atomic E-state index is 13.6. The monoisotopic (exact) mass is 411 g/mol. The van der Waals surface area contributed by atoms with E-state index in [1.165, 1.54) is 30.6 Å². The number of nitrogens with one attached hydrogen (secondary N) is 1. The third kappa shape index (κ3) is 4.01. The highest BCUT2D eigenvalue weighted by Gasteiger charge is 2.40. The molecule has 1 N–H and O–H groups in total. The maximum Gasteiger partial charge on any atom is 0.434 e. The molecule has 3 rings (SSSR count). The van der Waals surface area contributed by atoms with Gasteiger partial charge < -0.3 is 5.32 Å². The van der Waals surface area contributed by atoms with Crippen LogP contribution in [0.1, 0.15) is 16.1 Å². The minimum absolute atomic E-state index is 0.0515. The van der Waals surface area contributed by atoms with Crippen LogP contribution < -0.4 is 5.32 Å². The number of hydrogen-bond donors (Lipinski definition) is 1. The summed E-state index contributed by atoms with van der Waals surface area (Å²) in [6.45, 7) is 0. The minimum atomic E-state index is -4.89. The smallest absolute Gasteiger partial charge is 0.320 e. The number of alkyl halides is 3. The topological polar surface area (TPSA) is 107 Å². The highest BCUT2D eigenvalue weighted by atomic mass is 32.2. The van der Waals surface area contributed by atoms with Gasteiger partial charge in [-0.3, -0.25) is 4.79 Å². The number of anilines is 1. The summed E-state index contributed by atoms with van der Waals surface area (Å²) in [4.78, 5) is 12.3. The van der Waals surface area contributed by atoms with E-state index in [-0.39, 0.29) is 16.3 Å². The fourth-order valence-electron chi connectivity index (χ4n) is 2.38. The van der Waals surface area contributed by atoms with Crippen LogP contribution in [0.15, 0.2) is 53.8 Å². The van der Waals surface area contributed by atoms with E-state index < -0.39 is 33.2 Å². The summed E-state index contributed by atoms with van der Waals surface area (Å²) in [6, 6.07) is 6.04. The van der Waals surface area contributed by atoms with Gasteiger partial charge in [0.1, 0.15) is 0 Å². The molecule has 0 saturated carbocycles. The van der Waals surface area contributed by atoms with Gasteiger partial charge in [0.05, 0.1) is 40.4 Å². The summed E-state index contributed by atoms with van der Waals surface area (Å²) in [5, 5.41) is 13.0. The Labute approximate surface area is 156 Å². The molecule has 2 aromatic heterocycles. The molecule has 0 radical (unpaired) electrons. The fraction of sp³-hybridized carbons (Fsp3) is 0.125. The van der Waals surface area contributed by atoms with E-state index in [1.807, 2.05) is 0 Å². The van der Waals surface area contributed by atoms with Gasteiger partial charge in [-0.1, -0.05) is 0 Å². The van der Waals surface area contributed by atoms with E-state index in [0.717, 1.165) is 24.6 Å². The molecule has 0 atom stereocenters. The second-order valence-corrected chi connectivity index (χ2v) is 7.68. The Morgan fingerprint density at radius 3 is 2.29 bits per heavy atom. The van der Waals surface area contributed by atoms with Gasteiger partial charge in [-0.25, -0.2) is 13.1 Å². The Balaban J connectivity index is 2.03. The molecule has 1 aromatic carbocycles. The first-order valence-corrected chi connectivity index (χ1v) is 9.50. The third-order valence-electron chi connectivity index (χ3n) is 3.63. The van der Waals surface area contributed by atoms with Crippen molar-refractivity contribution in [2.45, 2.75) is 11.1 Å². The van der Waals surface area contributed by atoms with Gasteiger partial charge in [0, 0.05) is 6.26 Å². The Morgan fingerprint density at radius 1 is 1.07 bits per heavy atom. The van der Waals surface area contributed by atoms with E-state index in [9.17, 15) is 26.4 Å². The average Bonchev–Trinajstić information content (AvgIpc) is 3.08. The molecule has 0 aliphatic rings. The predicted octanol–water partition coefficient (Wildman–Crippen LogP) is 2.34. The van der Waals surface area contributed by atoms with Crippen LogP contribution in [0.2, 0.25) is 0 Å². The number of halogens is 3. The number of amides is 1. The molecule has 0 unspecified atom stereocenters. The lowest BCUT2D eigenvalue weighted by molar-refractivity contribution is -0.143. The fourth-order valence-corrected chi connectivity index (χ4v) is 3.01. The number of nitrogens with zero attached hydrogens (tertiary/aromatic N) is 4. The van der Waals surface area contributed by atoms with Gasteiger partial charge in [0.2, 0.25) is 0 Å². The molecule has 0 saturated heterocycles. The molecule has 0 fully saturated rings. The van der Waals surface area contributed by atoms with Crippen molar-refractivity contribution < 1.29 is 26.4 Å². The first kappa shape index (κ1) is 19.5. The molecule has 146 valence electrons. The zero-order chi connectivity index (χ0) is 20.5. The Hall–Kier alpha value is -3.28. The average molecular weight is 411 g/mol. The van der Waals surface area contributed by atoms with Crippen LogP contribution in [0.5, 0.6) is 0 Å². The second kappa shape index (κ2) is 7.03. The van der Waals surface area contributed by atoms with Gasteiger partial charge >= 0.3 is 6.18 Å². The van der Waals surface area contributed by atoms with Crippen LogP contribution >= 0.6 is 0 Å². The van der Waals surface area contributed by atoms with Crippen LogP contribution in [0.4, 0.5) is 18.9 Å². The van der Waals surface area contributed by atoms with Crippen molar-refractivity contribution in [1.82, 2.24) is 20.0 Å². The molecule has 28 heavy (non-hydrogen) atoms. The van der Waals surface area contributed by atoms with Crippen molar-refractivity contribution >= 4 is 21.4 Å². The third-order valence-corrected chi connectivity index (χ3v) is 4.76. The van der Waals surface area contributed by atoms with Crippen molar-refractivity contribution in [3.05, 3.63) is 60.2 Å². The molecule has 8 nitrogen and oxygen atoms in total. The second-order valence-electron chi connectivity index (χ2n) is 5.67. The van der Waals surface area contributed by atoms with Crippen LogP contribution in [0, 0.1) is 0 Å². The van der Waals surface area contributed by atoms with Crippen molar-refractivity contribution in [3.63, 3.8) is 0 Å². The first-order chi connectivity index (χ1) is 13.1. The zero-order valence-corrected chi connectivity index (χ0v) is 15.0.